The van der Waals surface area contributed by atoms with Gasteiger partial charge in [0.15, 0.2) is 0 Å². The zero-order valence-electron chi connectivity index (χ0n) is 10.9. The minimum Gasteiger partial charge on any atom is -0.480 e. The number of rotatable bonds is 10. The van der Waals surface area contributed by atoms with Crippen LogP contribution < -0.4 is 10.5 Å². The molecule has 0 aliphatic carbocycles. The van der Waals surface area contributed by atoms with Gasteiger partial charge in [-0.25, -0.2) is 13.6 Å². The molecule has 0 aliphatic heterocycles. The monoisotopic (exact) mass is 296 g/mol. The average molecular weight is 296 g/mol. The fourth-order valence-corrected chi connectivity index (χ4v) is 2.40. The van der Waals surface area contributed by atoms with E-state index in [-0.39, 0.29) is 31.3 Å². The van der Waals surface area contributed by atoms with Gasteiger partial charge in [0.1, 0.15) is 5.54 Å². The first-order chi connectivity index (χ1) is 8.63. The van der Waals surface area contributed by atoms with Crippen molar-refractivity contribution in [2.45, 2.75) is 37.5 Å². The Morgan fingerprint density at radius 1 is 1.32 bits per heavy atom. The number of hydrogen-bond acceptors (Lipinski definition) is 6. The molecule has 0 saturated heterocycles. The number of nitrogens with one attached hydrogen (secondary N) is 1. The lowest BCUT2D eigenvalue weighted by Crippen LogP contribution is -2.50. The van der Waals surface area contributed by atoms with Crippen LogP contribution in [0.15, 0.2) is 0 Å². The second kappa shape index (κ2) is 7.80. The van der Waals surface area contributed by atoms with Gasteiger partial charge in [-0.1, -0.05) is 6.42 Å². The molecule has 6 N–H and O–H groups in total. The fraction of sp³-hybridized carbons (Fsp3) is 0.889. The van der Waals surface area contributed by atoms with Crippen LogP contribution in [0.1, 0.15) is 25.7 Å². The number of carbonyl (C=O) groups is 1. The van der Waals surface area contributed by atoms with E-state index in [2.05, 4.69) is 5.32 Å². The van der Waals surface area contributed by atoms with E-state index in [9.17, 15) is 18.3 Å². The molecular weight excluding hydrogens is 275 g/mol. The van der Waals surface area contributed by atoms with Crippen molar-refractivity contribution in [1.29, 1.82) is 0 Å². The summed E-state index contributed by atoms with van der Waals surface area (Å²) in [6.45, 7) is 0. The summed E-state index contributed by atoms with van der Waals surface area (Å²) < 4.78 is 21.6. The highest BCUT2D eigenvalue weighted by atomic mass is 32.2. The van der Waals surface area contributed by atoms with E-state index < -0.39 is 28.6 Å². The molecule has 0 radical (unpaired) electrons. The summed E-state index contributed by atoms with van der Waals surface area (Å²) in [5.41, 5.74) is -1.28. The van der Waals surface area contributed by atoms with Crippen molar-refractivity contribution in [1.82, 2.24) is 5.32 Å². The van der Waals surface area contributed by atoms with Crippen LogP contribution in [-0.2, 0) is 14.8 Å². The van der Waals surface area contributed by atoms with E-state index in [1.807, 2.05) is 0 Å². The van der Waals surface area contributed by atoms with Gasteiger partial charge in [0.2, 0.25) is 10.0 Å². The van der Waals surface area contributed by atoms with Gasteiger partial charge in [0.05, 0.1) is 5.75 Å². The molecule has 0 saturated carbocycles. The highest BCUT2D eigenvalue weighted by molar-refractivity contribution is 7.89. The van der Waals surface area contributed by atoms with Crippen molar-refractivity contribution < 1.29 is 28.4 Å². The van der Waals surface area contributed by atoms with E-state index in [4.69, 9.17) is 15.2 Å². The van der Waals surface area contributed by atoms with Crippen LogP contribution in [0, 0.1) is 0 Å². The molecule has 0 aromatic carbocycles. The number of hydrogen-bond donors (Lipinski definition) is 5. The Morgan fingerprint density at radius 2 is 1.84 bits per heavy atom. The summed E-state index contributed by atoms with van der Waals surface area (Å²) in [5, 5.41) is 34.3. The van der Waals surface area contributed by atoms with Crippen LogP contribution >= 0.6 is 0 Å². The summed E-state index contributed by atoms with van der Waals surface area (Å²) in [7, 11) is -3.62. The molecule has 112 valence electrons. The standard InChI is InChI=1S/C9H21BN2O6S/c1-12-9(8(13)14,4-2-6-10(15)16)5-3-7-19(11,17)18/h12,15-16H,2-7H2,1H3,(H,13,14)(H2,11,17,18). The molecule has 0 fully saturated rings. The Balaban J connectivity index is 4.55. The summed E-state index contributed by atoms with van der Waals surface area (Å²) in [6.07, 6.45) is 0.734. The average Bonchev–Trinajstić information content (AvgIpc) is 2.24. The molecule has 1 unspecified atom stereocenters. The lowest BCUT2D eigenvalue weighted by Gasteiger charge is -2.29. The molecule has 0 aromatic rings. The highest BCUT2D eigenvalue weighted by Gasteiger charge is 2.36. The summed E-state index contributed by atoms with van der Waals surface area (Å²) in [6, 6.07) is 0. The first-order valence-corrected chi connectivity index (χ1v) is 7.63. The van der Waals surface area contributed by atoms with E-state index in [1.54, 1.807) is 0 Å². The number of sulfonamides is 1. The first kappa shape index (κ1) is 18.3. The highest BCUT2D eigenvalue weighted by Crippen LogP contribution is 2.21. The fourth-order valence-electron chi connectivity index (χ4n) is 1.86. The Morgan fingerprint density at radius 3 is 2.21 bits per heavy atom. The summed E-state index contributed by atoms with van der Waals surface area (Å²) in [4.78, 5) is 11.3. The predicted octanol–water partition coefficient (Wildman–Crippen LogP) is -1.65. The molecule has 19 heavy (non-hydrogen) atoms. The number of primary sulfonamides is 1. The van der Waals surface area contributed by atoms with Crippen molar-refractivity contribution in [3.63, 3.8) is 0 Å². The van der Waals surface area contributed by atoms with Crippen LogP contribution in [0.25, 0.3) is 0 Å². The molecule has 1 atom stereocenters. The largest absolute Gasteiger partial charge is 0.480 e. The third kappa shape index (κ3) is 7.48. The molecule has 0 amide bonds. The van der Waals surface area contributed by atoms with Crippen LogP contribution in [-0.4, -0.2) is 55.0 Å². The van der Waals surface area contributed by atoms with Crippen LogP contribution in [0.5, 0.6) is 0 Å². The normalized spacial score (nSPS) is 14.9. The maximum absolute atomic E-state index is 11.3. The van der Waals surface area contributed by atoms with Crippen molar-refractivity contribution in [2.24, 2.45) is 5.14 Å². The second-order valence-electron chi connectivity index (χ2n) is 4.48. The van der Waals surface area contributed by atoms with Crippen molar-refractivity contribution >= 4 is 23.1 Å². The zero-order chi connectivity index (χ0) is 15.1. The molecule has 0 spiro atoms. The first-order valence-electron chi connectivity index (χ1n) is 5.92. The topological polar surface area (TPSA) is 150 Å². The van der Waals surface area contributed by atoms with Crippen LogP contribution in [0.2, 0.25) is 6.32 Å². The SMILES string of the molecule is CNC(CCCB(O)O)(CCCS(N)(=O)=O)C(=O)O. The van der Waals surface area contributed by atoms with Gasteiger partial charge < -0.3 is 20.5 Å². The van der Waals surface area contributed by atoms with Gasteiger partial charge in [-0.2, -0.15) is 0 Å². The number of carboxylic acid groups (broad SMARTS) is 1. The lowest BCUT2D eigenvalue weighted by molar-refractivity contribution is -0.145. The molecular formula is C9H21BN2O6S. The van der Waals surface area contributed by atoms with Crippen molar-refractivity contribution in [2.75, 3.05) is 12.8 Å². The third-order valence-corrected chi connectivity index (χ3v) is 3.84. The number of nitrogens with two attached hydrogens (primary N) is 1. The van der Waals surface area contributed by atoms with Crippen LogP contribution in [0.4, 0.5) is 0 Å². The van der Waals surface area contributed by atoms with E-state index in [0.717, 1.165) is 0 Å². The minimum atomic E-state index is -3.62. The lowest BCUT2D eigenvalue weighted by atomic mass is 9.79. The summed E-state index contributed by atoms with van der Waals surface area (Å²) in [5.74, 6) is -1.39. The van der Waals surface area contributed by atoms with Gasteiger partial charge >= 0.3 is 13.1 Å². The smallest absolute Gasteiger partial charge is 0.451 e. The second-order valence-corrected chi connectivity index (χ2v) is 6.21. The Labute approximate surface area is 113 Å². The van der Waals surface area contributed by atoms with Crippen molar-refractivity contribution in [3.05, 3.63) is 0 Å². The Kier molecular flexibility index (Phi) is 7.53. The molecule has 0 aliphatic rings. The van der Waals surface area contributed by atoms with Gasteiger partial charge in [-0.05, 0) is 32.6 Å². The number of aliphatic carboxylic acids is 1. The molecule has 8 nitrogen and oxygen atoms in total. The number of carboxylic acids is 1. The van der Waals surface area contributed by atoms with E-state index >= 15 is 0 Å². The Hall–Kier alpha value is -0.675. The molecule has 10 heteroatoms. The van der Waals surface area contributed by atoms with Gasteiger partial charge in [-0.15, -0.1) is 0 Å². The zero-order valence-corrected chi connectivity index (χ0v) is 11.7. The summed E-state index contributed by atoms with van der Waals surface area (Å²) >= 11 is 0. The van der Waals surface area contributed by atoms with Crippen molar-refractivity contribution in [3.8, 4) is 0 Å². The minimum absolute atomic E-state index is 0.0614. The van der Waals surface area contributed by atoms with Gasteiger partial charge in [-0.3, -0.25) is 4.79 Å². The van der Waals surface area contributed by atoms with E-state index in [0.29, 0.717) is 6.42 Å². The van der Waals surface area contributed by atoms with E-state index in [1.165, 1.54) is 7.05 Å². The maximum atomic E-state index is 11.3. The predicted molar refractivity (Wildman–Crippen MR) is 70.9 cm³/mol. The van der Waals surface area contributed by atoms with Crippen LogP contribution in [0.3, 0.4) is 0 Å². The molecule has 0 aromatic heterocycles. The Bertz CT molecular complexity index is 388. The van der Waals surface area contributed by atoms with Gasteiger partial charge in [0, 0.05) is 0 Å². The van der Waals surface area contributed by atoms with Gasteiger partial charge in [0.25, 0.3) is 0 Å². The number of likely N-dealkylation sites (N-methyl/N-ethyl adjacent to an activating group) is 1. The quantitative estimate of drug-likeness (QED) is 0.303. The third-order valence-electron chi connectivity index (χ3n) is 2.99. The maximum Gasteiger partial charge on any atom is 0.451 e. The molecule has 0 rings (SSSR count). The molecule has 0 bridgehead atoms. The molecule has 0 heterocycles.